The van der Waals surface area contributed by atoms with Crippen molar-refractivity contribution in [2.75, 3.05) is 14.2 Å². The summed E-state index contributed by atoms with van der Waals surface area (Å²) < 4.78 is 14.4. The first kappa shape index (κ1) is 22.1. The van der Waals surface area contributed by atoms with Crippen LogP contribution in [0, 0.1) is 12.3 Å². The van der Waals surface area contributed by atoms with Gasteiger partial charge in [0, 0.05) is 11.8 Å². The molecule has 2 N–H and O–H groups in total. The van der Waals surface area contributed by atoms with E-state index in [0.29, 0.717) is 5.56 Å². The van der Waals surface area contributed by atoms with Gasteiger partial charge in [0.2, 0.25) is 5.78 Å². The fraction of sp³-hybridized carbons (Fsp3) is 0.526. The number of esters is 3. The van der Waals surface area contributed by atoms with Crippen LogP contribution < -0.4 is 0 Å². The van der Waals surface area contributed by atoms with Crippen LogP contribution in [-0.4, -0.2) is 60.1 Å². The molecule has 1 aromatic heterocycles. The summed E-state index contributed by atoms with van der Waals surface area (Å²) in [6, 6.07) is 0. The molecule has 0 bridgehead atoms. The second-order valence-corrected chi connectivity index (χ2v) is 7.18. The number of Topliss-reactive ketones (excluding diaryl/α,β-unsaturated/α-hetero) is 1. The van der Waals surface area contributed by atoms with E-state index in [1.54, 1.807) is 6.92 Å². The summed E-state index contributed by atoms with van der Waals surface area (Å²) in [7, 11) is 2.41. The number of carbonyl (C=O) groups excluding carboxylic acids is 4. The van der Waals surface area contributed by atoms with Gasteiger partial charge in [0.15, 0.2) is 6.10 Å². The summed E-state index contributed by atoms with van der Waals surface area (Å²) in [5.74, 6) is -3.70. The van der Waals surface area contributed by atoms with Crippen LogP contribution >= 0.6 is 0 Å². The normalized spacial score (nSPS) is 20.8. The van der Waals surface area contributed by atoms with Crippen molar-refractivity contribution in [3.63, 3.8) is 0 Å². The molecule has 0 amide bonds. The summed E-state index contributed by atoms with van der Waals surface area (Å²) in [5, 5.41) is 9.46. The van der Waals surface area contributed by atoms with E-state index in [1.807, 2.05) is 0 Å². The molecule has 1 fully saturated rings. The molecule has 2 atom stereocenters. The van der Waals surface area contributed by atoms with Gasteiger partial charge in [-0.1, -0.05) is 6.92 Å². The lowest BCUT2D eigenvalue weighted by Gasteiger charge is -2.26. The van der Waals surface area contributed by atoms with Crippen molar-refractivity contribution >= 4 is 29.7 Å². The number of carboxylic acid groups (broad SMARTS) is 1. The second-order valence-electron chi connectivity index (χ2n) is 7.18. The predicted octanol–water partition coefficient (Wildman–Crippen LogP) is 1.19. The molecule has 10 nitrogen and oxygen atoms in total. The molecule has 1 aliphatic rings. The molecule has 0 unspecified atom stereocenters. The molecule has 1 aliphatic heterocycles. The molecule has 0 spiro atoms. The number of ketones is 1. The van der Waals surface area contributed by atoms with Crippen LogP contribution in [0.1, 0.15) is 58.3 Å². The number of rotatable bonds is 8. The molecule has 158 valence electrons. The number of aromatic nitrogens is 1. The number of nitrogens with one attached hydrogen (secondary N) is 1. The highest BCUT2D eigenvalue weighted by Gasteiger charge is 2.51. The van der Waals surface area contributed by atoms with Gasteiger partial charge in [0.1, 0.15) is 5.69 Å². The van der Waals surface area contributed by atoms with Crippen LogP contribution in [-0.2, 0) is 35.0 Å². The first-order chi connectivity index (χ1) is 13.5. The Balaban J connectivity index is 2.41. The zero-order chi connectivity index (χ0) is 21.9. The summed E-state index contributed by atoms with van der Waals surface area (Å²) in [6.07, 6.45) is -1.66. The summed E-state index contributed by atoms with van der Waals surface area (Å²) in [6.45, 7) is 3.10. The highest BCUT2D eigenvalue weighted by atomic mass is 16.6. The van der Waals surface area contributed by atoms with Gasteiger partial charge < -0.3 is 24.3 Å². The highest BCUT2D eigenvalue weighted by molar-refractivity contribution is 6.04. The van der Waals surface area contributed by atoms with Crippen molar-refractivity contribution in [3.8, 4) is 0 Å². The Morgan fingerprint density at radius 3 is 2.34 bits per heavy atom. The Bertz CT molecular complexity index is 869. The lowest BCUT2D eigenvalue weighted by atomic mass is 9.77. The van der Waals surface area contributed by atoms with Crippen molar-refractivity contribution in [2.45, 2.75) is 45.6 Å². The van der Waals surface area contributed by atoms with Gasteiger partial charge in [-0.25, -0.2) is 4.79 Å². The largest absolute Gasteiger partial charge is 0.477 e. The van der Waals surface area contributed by atoms with Crippen LogP contribution in [0.5, 0.6) is 0 Å². The van der Waals surface area contributed by atoms with Crippen molar-refractivity contribution in [1.29, 1.82) is 0 Å². The Morgan fingerprint density at radius 2 is 1.79 bits per heavy atom. The van der Waals surface area contributed by atoms with E-state index >= 15 is 0 Å². The van der Waals surface area contributed by atoms with Crippen LogP contribution in [0.2, 0.25) is 0 Å². The fourth-order valence-electron chi connectivity index (χ4n) is 3.50. The quantitative estimate of drug-likeness (QED) is 0.367. The third kappa shape index (κ3) is 4.47. The Kier molecular flexibility index (Phi) is 6.45. The number of hydrogen-bond donors (Lipinski definition) is 2. The summed E-state index contributed by atoms with van der Waals surface area (Å²) >= 11 is 0. The SMILES string of the molecule is COC(=O)CCc1c(C(=O)O)[nH]c(C(=O)[C@H]2OC(=O)C[C@]2(C)CC(=O)OC)c1C. The van der Waals surface area contributed by atoms with E-state index in [4.69, 9.17) is 4.74 Å². The van der Waals surface area contributed by atoms with E-state index in [0.717, 1.165) is 0 Å². The van der Waals surface area contributed by atoms with Crippen molar-refractivity contribution in [3.05, 3.63) is 22.5 Å². The molecular formula is C19H23NO9. The van der Waals surface area contributed by atoms with E-state index in [-0.39, 0.29) is 42.6 Å². The van der Waals surface area contributed by atoms with Gasteiger partial charge in [0.05, 0.1) is 32.8 Å². The van der Waals surface area contributed by atoms with Crippen LogP contribution in [0.15, 0.2) is 0 Å². The number of carbonyl (C=O) groups is 5. The van der Waals surface area contributed by atoms with Gasteiger partial charge in [-0.15, -0.1) is 0 Å². The second kappa shape index (κ2) is 8.46. The predicted molar refractivity (Wildman–Crippen MR) is 96.4 cm³/mol. The number of H-pyrrole nitrogens is 1. The lowest BCUT2D eigenvalue weighted by molar-refractivity contribution is -0.144. The monoisotopic (exact) mass is 409 g/mol. The zero-order valence-corrected chi connectivity index (χ0v) is 16.6. The third-order valence-corrected chi connectivity index (χ3v) is 5.09. The maximum absolute atomic E-state index is 13.1. The number of methoxy groups -OCH3 is 2. The Hall–Kier alpha value is -3.17. The van der Waals surface area contributed by atoms with Crippen LogP contribution in [0.4, 0.5) is 0 Å². The van der Waals surface area contributed by atoms with Gasteiger partial charge in [-0.05, 0) is 24.5 Å². The number of aromatic amines is 1. The van der Waals surface area contributed by atoms with Crippen molar-refractivity contribution in [2.24, 2.45) is 5.41 Å². The van der Waals surface area contributed by atoms with Gasteiger partial charge in [-0.2, -0.15) is 0 Å². The maximum atomic E-state index is 13.1. The topological polar surface area (TPSA) is 149 Å². The van der Waals surface area contributed by atoms with Gasteiger partial charge >= 0.3 is 23.9 Å². The summed E-state index contributed by atoms with van der Waals surface area (Å²) in [4.78, 5) is 62.4. The van der Waals surface area contributed by atoms with E-state index in [1.165, 1.54) is 21.1 Å². The Morgan fingerprint density at radius 1 is 1.17 bits per heavy atom. The molecule has 0 aromatic carbocycles. The van der Waals surface area contributed by atoms with E-state index in [2.05, 4.69) is 14.5 Å². The number of ether oxygens (including phenoxy) is 3. The molecule has 1 saturated heterocycles. The first-order valence-electron chi connectivity index (χ1n) is 8.86. The molecule has 0 radical (unpaired) electrons. The molecular weight excluding hydrogens is 386 g/mol. The van der Waals surface area contributed by atoms with Crippen molar-refractivity contribution < 1.29 is 43.3 Å². The van der Waals surface area contributed by atoms with E-state index in [9.17, 15) is 29.1 Å². The number of cyclic esters (lactones) is 1. The Labute approximate surface area is 166 Å². The van der Waals surface area contributed by atoms with Crippen LogP contribution in [0.25, 0.3) is 0 Å². The maximum Gasteiger partial charge on any atom is 0.352 e. The highest BCUT2D eigenvalue weighted by Crippen LogP contribution is 2.41. The minimum absolute atomic E-state index is 0.0435. The number of aromatic carboxylic acids is 1. The molecule has 29 heavy (non-hydrogen) atoms. The van der Waals surface area contributed by atoms with E-state index < -0.39 is 41.2 Å². The average molecular weight is 409 g/mol. The molecule has 10 heteroatoms. The summed E-state index contributed by atoms with van der Waals surface area (Å²) in [5.41, 5.74) is -0.786. The van der Waals surface area contributed by atoms with Crippen molar-refractivity contribution in [1.82, 2.24) is 4.98 Å². The molecule has 1 aromatic rings. The van der Waals surface area contributed by atoms with Crippen LogP contribution in [0.3, 0.4) is 0 Å². The van der Waals surface area contributed by atoms with Gasteiger partial charge in [0.25, 0.3) is 0 Å². The number of carboxylic acids is 1. The minimum Gasteiger partial charge on any atom is -0.477 e. The first-order valence-corrected chi connectivity index (χ1v) is 8.86. The fourth-order valence-corrected chi connectivity index (χ4v) is 3.50. The average Bonchev–Trinajstić information content (AvgIpc) is 3.14. The third-order valence-electron chi connectivity index (χ3n) is 5.09. The zero-order valence-electron chi connectivity index (χ0n) is 16.6. The molecule has 0 saturated carbocycles. The number of hydrogen-bond acceptors (Lipinski definition) is 8. The minimum atomic E-state index is -1.30. The smallest absolute Gasteiger partial charge is 0.352 e. The molecule has 2 rings (SSSR count). The van der Waals surface area contributed by atoms with Gasteiger partial charge in [-0.3, -0.25) is 19.2 Å². The standard InChI is InChI=1S/C19H23NO9/c1-9-10(5-6-11(21)27-3)15(18(25)26)20-14(9)16(24)17-19(2,7-12(22)28-4)8-13(23)29-17/h17,20H,5-8H2,1-4H3,(H,25,26)/t17-,19+/m1/s1. The molecule has 2 heterocycles. The lowest BCUT2D eigenvalue weighted by Crippen LogP contribution is -2.37. The molecule has 0 aliphatic carbocycles.